The first-order valence-electron chi connectivity index (χ1n) is 4.91. The van der Waals surface area contributed by atoms with Crippen LogP contribution < -0.4 is 5.32 Å². The van der Waals surface area contributed by atoms with Gasteiger partial charge in [-0.25, -0.2) is 4.98 Å². The molecular weight excluding hydrogens is 240 g/mol. The number of rotatable bonds is 4. The number of thiazole rings is 1. The zero-order valence-electron chi connectivity index (χ0n) is 9.08. The predicted octanol–water partition coefficient (Wildman–Crippen LogP) is 2.37. The maximum absolute atomic E-state index is 10.5. The number of pyridine rings is 1. The van der Waals surface area contributed by atoms with Gasteiger partial charge in [0.05, 0.1) is 4.92 Å². The summed E-state index contributed by atoms with van der Waals surface area (Å²) in [6, 6.07) is 3.87. The van der Waals surface area contributed by atoms with Crippen molar-refractivity contribution in [1.82, 2.24) is 9.97 Å². The molecule has 0 aromatic carbocycles. The molecule has 0 atom stereocenters. The van der Waals surface area contributed by atoms with Crippen LogP contribution in [0.4, 0.5) is 10.1 Å². The van der Waals surface area contributed by atoms with Gasteiger partial charge in [-0.05, 0) is 29.9 Å². The van der Waals surface area contributed by atoms with Crippen LogP contribution in [0.25, 0.3) is 0 Å². The minimum Gasteiger partial charge on any atom is -0.357 e. The van der Waals surface area contributed by atoms with E-state index in [1.165, 1.54) is 6.20 Å². The van der Waals surface area contributed by atoms with Crippen LogP contribution in [-0.2, 0) is 6.54 Å². The summed E-state index contributed by atoms with van der Waals surface area (Å²) in [6.07, 6.45) is 3.02. The van der Waals surface area contributed by atoms with E-state index in [4.69, 9.17) is 0 Å². The van der Waals surface area contributed by atoms with Gasteiger partial charge in [-0.15, -0.1) is 0 Å². The van der Waals surface area contributed by atoms with Gasteiger partial charge in [0.25, 0.3) is 0 Å². The first kappa shape index (κ1) is 11.5. The van der Waals surface area contributed by atoms with Crippen LogP contribution in [0.3, 0.4) is 0 Å². The number of anilines is 1. The van der Waals surface area contributed by atoms with Crippen LogP contribution in [0.2, 0.25) is 0 Å². The molecule has 0 saturated heterocycles. The topological polar surface area (TPSA) is 81.0 Å². The molecule has 6 nitrogen and oxygen atoms in total. The SMILES string of the molecule is Cc1ccc(CNc2ncc([N+](=O)[O-])s2)cn1. The van der Waals surface area contributed by atoms with Gasteiger partial charge >= 0.3 is 5.00 Å². The molecule has 2 rings (SSSR count). The summed E-state index contributed by atoms with van der Waals surface area (Å²) >= 11 is 1.02. The van der Waals surface area contributed by atoms with Gasteiger partial charge in [-0.1, -0.05) is 6.07 Å². The molecule has 7 heteroatoms. The van der Waals surface area contributed by atoms with Crippen molar-refractivity contribution in [3.05, 3.63) is 45.9 Å². The Hall–Kier alpha value is -2.02. The average molecular weight is 250 g/mol. The van der Waals surface area contributed by atoms with Crippen molar-refractivity contribution in [2.24, 2.45) is 0 Å². The lowest BCUT2D eigenvalue weighted by molar-refractivity contribution is -0.380. The summed E-state index contributed by atoms with van der Waals surface area (Å²) < 4.78 is 0. The van der Waals surface area contributed by atoms with Gasteiger partial charge in [0.15, 0.2) is 5.13 Å². The smallest absolute Gasteiger partial charge is 0.345 e. The molecule has 0 saturated carbocycles. The molecule has 0 spiro atoms. The summed E-state index contributed by atoms with van der Waals surface area (Å²) in [6.45, 7) is 2.47. The highest BCUT2D eigenvalue weighted by Gasteiger charge is 2.10. The number of nitrogens with zero attached hydrogens (tertiary/aromatic N) is 3. The number of nitro groups is 1. The van der Waals surface area contributed by atoms with Crippen molar-refractivity contribution in [2.45, 2.75) is 13.5 Å². The van der Waals surface area contributed by atoms with Gasteiger partial charge in [0.2, 0.25) is 0 Å². The number of nitrogens with one attached hydrogen (secondary N) is 1. The quantitative estimate of drug-likeness (QED) is 0.665. The molecule has 0 fully saturated rings. The summed E-state index contributed by atoms with van der Waals surface area (Å²) in [4.78, 5) is 18.1. The fourth-order valence-corrected chi connectivity index (χ4v) is 1.84. The Morgan fingerprint density at radius 1 is 1.41 bits per heavy atom. The molecular formula is C10H10N4O2S. The van der Waals surface area contributed by atoms with Crippen LogP contribution in [0, 0.1) is 17.0 Å². The molecule has 0 aliphatic carbocycles. The van der Waals surface area contributed by atoms with E-state index in [2.05, 4.69) is 15.3 Å². The molecule has 2 aromatic rings. The van der Waals surface area contributed by atoms with E-state index in [-0.39, 0.29) is 5.00 Å². The molecule has 0 amide bonds. The Bertz CT molecular complexity index is 523. The second-order valence-corrected chi connectivity index (χ2v) is 4.43. The predicted molar refractivity (Wildman–Crippen MR) is 65.1 cm³/mol. The number of aromatic nitrogens is 2. The van der Waals surface area contributed by atoms with Crippen molar-refractivity contribution < 1.29 is 4.92 Å². The highest BCUT2D eigenvalue weighted by Crippen LogP contribution is 2.25. The highest BCUT2D eigenvalue weighted by molar-refractivity contribution is 7.18. The Morgan fingerprint density at radius 3 is 2.82 bits per heavy atom. The van der Waals surface area contributed by atoms with Gasteiger partial charge in [0.1, 0.15) is 6.20 Å². The molecule has 1 N–H and O–H groups in total. The third-order valence-corrected chi connectivity index (χ3v) is 3.00. The molecule has 0 bridgehead atoms. The molecule has 17 heavy (non-hydrogen) atoms. The van der Waals surface area contributed by atoms with Crippen LogP contribution >= 0.6 is 11.3 Å². The highest BCUT2D eigenvalue weighted by atomic mass is 32.1. The van der Waals surface area contributed by atoms with Crippen LogP contribution in [-0.4, -0.2) is 14.9 Å². The minimum atomic E-state index is -0.448. The summed E-state index contributed by atoms with van der Waals surface area (Å²) in [5, 5.41) is 14.1. The zero-order valence-corrected chi connectivity index (χ0v) is 9.90. The monoisotopic (exact) mass is 250 g/mol. The van der Waals surface area contributed by atoms with Crippen molar-refractivity contribution in [3.8, 4) is 0 Å². The molecule has 0 aliphatic rings. The third-order valence-electron chi connectivity index (χ3n) is 2.09. The van der Waals surface area contributed by atoms with Gasteiger partial charge in [-0.2, -0.15) is 0 Å². The first-order chi connectivity index (χ1) is 8.15. The van der Waals surface area contributed by atoms with E-state index >= 15 is 0 Å². The van der Waals surface area contributed by atoms with E-state index in [0.29, 0.717) is 11.7 Å². The van der Waals surface area contributed by atoms with Crippen LogP contribution in [0.1, 0.15) is 11.3 Å². The Labute approximate surface area is 102 Å². The maximum Gasteiger partial charge on any atom is 0.345 e. The maximum atomic E-state index is 10.5. The van der Waals surface area contributed by atoms with E-state index in [9.17, 15) is 10.1 Å². The third kappa shape index (κ3) is 2.97. The molecule has 0 unspecified atom stereocenters. The lowest BCUT2D eigenvalue weighted by Gasteiger charge is -2.01. The van der Waals surface area contributed by atoms with Crippen LogP contribution in [0.15, 0.2) is 24.5 Å². The number of aryl methyl sites for hydroxylation is 1. The summed E-state index contributed by atoms with van der Waals surface area (Å²) in [5.41, 5.74) is 1.96. The first-order valence-corrected chi connectivity index (χ1v) is 5.72. The van der Waals surface area contributed by atoms with E-state index in [1.54, 1.807) is 6.20 Å². The Morgan fingerprint density at radius 2 is 2.24 bits per heavy atom. The molecule has 2 aromatic heterocycles. The largest absolute Gasteiger partial charge is 0.357 e. The summed E-state index contributed by atoms with van der Waals surface area (Å²) in [5.74, 6) is 0. The van der Waals surface area contributed by atoms with E-state index in [0.717, 1.165) is 22.6 Å². The second-order valence-electron chi connectivity index (χ2n) is 3.42. The molecule has 88 valence electrons. The van der Waals surface area contributed by atoms with E-state index in [1.807, 2.05) is 19.1 Å². The lowest BCUT2D eigenvalue weighted by atomic mass is 10.2. The van der Waals surface area contributed by atoms with E-state index < -0.39 is 4.92 Å². The molecule has 2 heterocycles. The number of hydrogen-bond donors (Lipinski definition) is 1. The molecule has 0 aliphatic heterocycles. The number of hydrogen-bond acceptors (Lipinski definition) is 6. The average Bonchev–Trinajstić information content (AvgIpc) is 2.77. The molecule has 0 radical (unpaired) electrons. The second kappa shape index (κ2) is 4.88. The Kier molecular flexibility index (Phi) is 3.29. The lowest BCUT2D eigenvalue weighted by Crippen LogP contribution is -1.99. The fraction of sp³-hybridized carbons (Fsp3) is 0.200. The van der Waals surface area contributed by atoms with Crippen molar-refractivity contribution >= 4 is 21.5 Å². The Balaban J connectivity index is 1.97. The normalized spacial score (nSPS) is 10.2. The summed E-state index contributed by atoms with van der Waals surface area (Å²) in [7, 11) is 0. The standard InChI is InChI=1S/C10H10N4O2S/c1-7-2-3-8(4-11-7)5-12-10-13-6-9(17-10)14(15)16/h2-4,6H,5H2,1H3,(H,12,13). The fourth-order valence-electron chi connectivity index (χ4n) is 1.21. The van der Waals surface area contributed by atoms with Crippen LogP contribution in [0.5, 0.6) is 0 Å². The van der Waals surface area contributed by atoms with Crippen molar-refractivity contribution in [1.29, 1.82) is 0 Å². The van der Waals surface area contributed by atoms with Gasteiger partial charge in [0, 0.05) is 18.4 Å². The van der Waals surface area contributed by atoms with Gasteiger partial charge < -0.3 is 5.32 Å². The van der Waals surface area contributed by atoms with Crippen molar-refractivity contribution in [2.75, 3.05) is 5.32 Å². The zero-order chi connectivity index (χ0) is 12.3. The van der Waals surface area contributed by atoms with Gasteiger partial charge in [-0.3, -0.25) is 15.1 Å². The van der Waals surface area contributed by atoms with Crippen molar-refractivity contribution in [3.63, 3.8) is 0 Å². The minimum absolute atomic E-state index is 0.0366.